The first kappa shape index (κ1) is 12.6. The van der Waals surface area contributed by atoms with Crippen molar-refractivity contribution in [1.82, 2.24) is 10.3 Å². The average Bonchev–Trinajstić information content (AvgIpc) is 2.30. The van der Waals surface area contributed by atoms with Crippen molar-refractivity contribution in [2.75, 3.05) is 18.4 Å². The molecule has 0 bridgehead atoms. The number of ether oxygens (including phenoxy) is 1. The van der Waals surface area contributed by atoms with E-state index in [1.807, 2.05) is 12.1 Å². The van der Waals surface area contributed by atoms with Crippen LogP contribution in [0.5, 0.6) is 0 Å². The van der Waals surface area contributed by atoms with Crippen molar-refractivity contribution in [2.45, 2.75) is 32.1 Å². The zero-order valence-corrected chi connectivity index (χ0v) is 10.9. The van der Waals surface area contributed by atoms with Crippen molar-refractivity contribution < 1.29 is 4.74 Å². The SMILES string of the molecule is C[C@@H]1CN[C@H](CNc2ccc(Cl)cn2)[C@H](C)O1. The average molecular weight is 256 g/mol. The topological polar surface area (TPSA) is 46.2 Å². The Labute approximate surface area is 107 Å². The third-order valence-electron chi connectivity index (χ3n) is 2.91. The van der Waals surface area contributed by atoms with E-state index in [2.05, 4.69) is 29.5 Å². The van der Waals surface area contributed by atoms with E-state index in [1.54, 1.807) is 6.20 Å². The van der Waals surface area contributed by atoms with Crippen LogP contribution in [0.4, 0.5) is 5.82 Å². The maximum absolute atomic E-state index is 5.78. The second-order valence-corrected chi connectivity index (χ2v) is 4.85. The molecule has 0 unspecified atom stereocenters. The standard InChI is InChI=1S/C12H18ClN3O/c1-8-5-14-11(9(2)17-8)7-16-12-4-3-10(13)6-15-12/h3-4,6,8-9,11,14H,5,7H2,1-2H3,(H,15,16)/t8-,9+,11-/m1/s1. The van der Waals surface area contributed by atoms with Gasteiger partial charge in [-0.1, -0.05) is 11.6 Å². The summed E-state index contributed by atoms with van der Waals surface area (Å²) in [5, 5.41) is 7.38. The van der Waals surface area contributed by atoms with Gasteiger partial charge in [0.15, 0.2) is 0 Å². The van der Waals surface area contributed by atoms with Crippen molar-refractivity contribution in [3.8, 4) is 0 Å². The number of pyridine rings is 1. The largest absolute Gasteiger partial charge is 0.373 e. The van der Waals surface area contributed by atoms with E-state index in [4.69, 9.17) is 16.3 Å². The van der Waals surface area contributed by atoms with Gasteiger partial charge in [-0.25, -0.2) is 4.98 Å². The van der Waals surface area contributed by atoms with Crippen molar-refractivity contribution in [3.05, 3.63) is 23.4 Å². The van der Waals surface area contributed by atoms with Crippen LogP contribution >= 0.6 is 11.6 Å². The smallest absolute Gasteiger partial charge is 0.126 e. The van der Waals surface area contributed by atoms with Gasteiger partial charge in [-0.05, 0) is 26.0 Å². The number of hydrogen-bond donors (Lipinski definition) is 2. The molecule has 0 saturated carbocycles. The molecule has 1 aliphatic heterocycles. The van der Waals surface area contributed by atoms with E-state index < -0.39 is 0 Å². The van der Waals surface area contributed by atoms with E-state index in [0.717, 1.165) is 18.9 Å². The van der Waals surface area contributed by atoms with E-state index in [-0.39, 0.29) is 12.2 Å². The van der Waals surface area contributed by atoms with Crippen LogP contribution in [0.15, 0.2) is 18.3 Å². The zero-order chi connectivity index (χ0) is 12.3. The van der Waals surface area contributed by atoms with Crippen LogP contribution in [0, 0.1) is 0 Å². The number of nitrogens with zero attached hydrogens (tertiary/aromatic N) is 1. The lowest BCUT2D eigenvalue weighted by Gasteiger charge is -2.34. The highest BCUT2D eigenvalue weighted by Crippen LogP contribution is 2.12. The Morgan fingerprint density at radius 1 is 1.53 bits per heavy atom. The highest BCUT2D eigenvalue weighted by molar-refractivity contribution is 6.30. The molecule has 4 nitrogen and oxygen atoms in total. The highest BCUT2D eigenvalue weighted by Gasteiger charge is 2.24. The second kappa shape index (κ2) is 5.67. The molecule has 94 valence electrons. The third-order valence-corrected chi connectivity index (χ3v) is 3.14. The normalized spacial score (nSPS) is 29.0. The minimum Gasteiger partial charge on any atom is -0.373 e. The van der Waals surface area contributed by atoms with Gasteiger partial charge in [-0.15, -0.1) is 0 Å². The maximum Gasteiger partial charge on any atom is 0.126 e. The molecule has 0 amide bonds. The van der Waals surface area contributed by atoms with Crippen molar-refractivity contribution in [2.24, 2.45) is 0 Å². The van der Waals surface area contributed by atoms with Gasteiger partial charge in [0.2, 0.25) is 0 Å². The minimum atomic E-state index is 0.207. The molecule has 0 aromatic carbocycles. The predicted molar refractivity (Wildman–Crippen MR) is 69.5 cm³/mol. The molecular weight excluding hydrogens is 238 g/mol. The van der Waals surface area contributed by atoms with Gasteiger partial charge in [-0.3, -0.25) is 0 Å². The summed E-state index contributed by atoms with van der Waals surface area (Å²) in [5.41, 5.74) is 0. The first-order valence-electron chi connectivity index (χ1n) is 5.89. The van der Waals surface area contributed by atoms with Gasteiger partial charge < -0.3 is 15.4 Å². The molecule has 0 aliphatic carbocycles. The number of morpholine rings is 1. The van der Waals surface area contributed by atoms with E-state index in [9.17, 15) is 0 Å². The Kier molecular flexibility index (Phi) is 4.20. The maximum atomic E-state index is 5.78. The van der Waals surface area contributed by atoms with Crippen LogP contribution < -0.4 is 10.6 Å². The number of rotatable bonds is 3. The molecule has 0 radical (unpaired) electrons. The molecule has 1 saturated heterocycles. The Morgan fingerprint density at radius 3 is 3.00 bits per heavy atom. The lowest BCUT2D eigenvalue weighted by molar-refractivity contribution is -0.0406. The first-order valence-corrected chi connectivity index (χ1v) is 6.27. The zero-order valence-electron chi connectivity index (χ0n) is 10.1. The molecular formula is C12H18ClN3O. The van der Waals surface area contributed by atoms with E-state index in [0.29, 0.717) is 11.1 Å². The van der Waals surface area contributed by atoms with Crippen molar-refractivity contribution >= 4 is 17.4 Å². The quantitative estimate of drug-likeness (QED) is 0.866. The number of aromatic nitrogens is 1. The summed E-state index contributed by atoms with van der Waals surface area (Å²) < 4.78 is 5.76. The molecule has 1 aromatic rings. The van der Waals surface area contributed by atoms with Gasteiger partial charge in [0, 0.05) is 19.3 Å². The summed E-state index contributed by atoms with van der Waals surface area (Å²) in [5.74, 6) is 0.835. The monoisotopic (exact) mass is 255 g/mol. The fourth-order valence-electron chi connectivity index (χ4n) is 1.93. The number of hydrogen-bond acceptors (Lipinski definition) is 4. The van der Waals surface area contributed by atoms with Crippen molar-refractivity contribution in [1.29, 1.82) is 0 Å². The summed E-state index contributed by atoms with van der Waals surface area (Å²) in [7, 11) is 0. The predicted octanol–water partition coefficient (Wildman–Crippen LogP) is 1.91. The van der Waals surface area contributed by atoms with Crippen LogP contribution in [0.1, 0.15) is 13.8 Å². The van der Waals surface area contributed by atoms with Gasteiger partial charge >= 0.3 is 0 Å². The van der Waals surface area contributed by atoms with Gasteiger partial charge in [0.05, 0.1) is 23.3 Å². The van der Waals surface area contributed by atoms with Crippen LogP contribution in [0.25, 0.3) is 0 Å². The van der Waals surface area contributed by atoms with Gasteiger partial charge in [0.25, 0.3) is 0 Å². The Bertz CT molecular complexity index is 357. The lowest BCUT2D eigenvalue weighted by Crippen LogP contribution is -2.53. The van der Waals surface area contributed by atoms with Crippen molar-refractivity contribution in [3.63, 3.8) is 0 Å². The molecule has 2 heterocycles. The summed E-state index contributed by atoms with van der Waals surface area (Å²) in [6, 6.07) is 4.01. The summed E-state index contributed by atoms with van der Waals surface area (Å²) in [4.78, 5) is 4.19. The van der Waals surface area contributed by atoms with Gasteiger partial charge in [0.1, 0.15) is 5.82 Å². The number of nitrogens with one attached hydrogen (secondary N) is 2. The molecule has 0 spiro atoms. The number of anilines is 1. The fourth-order valence-corrected chi connectivity index (χ4v) is 2.04. The highest BCUT2D eigenvalue weighted by atomic mass is 35.5. The Hall–Kier alpha value is -0.840. The van der Waals surface area contributed by atoms with Crippen LogP contribution in [-0.4, -0.2) is 36.3 Å². The molecule has 17 heavy (non-hydrogen) atoms. The Balaban J connectivity index is 1.83. The lowest BCUT2D eigenvalue weighted by atomic mass is 10.1. The van der Waals surface area contributed by atoms with E-state index in [1.165, 1.54) is 0 Å². The second-order valence-electron chi connectivity index (χ2n) is 4.41. The minimum absolute atomic E-state index is 0.207. The first-order chi connectivity index (χ1) is 8.15. The summed E-state index contributed by atoms with van der Waals surface area (Å²) in [6.45, 7) is 5.85. The summed E-state index contributed by atoms with van der Waals surface area (Å²) in [6.07, 6.45) is 2.13. The molecule has 1 aliphatic rings. The van der Waals surface area contributed by atoms with Crippen LogP contribution in [-0.2, 0) is 4.74 Å². The molecule has 3 atom stereocenters. The van der Waals surface area contributed by atoms with Crippen LogP contribution in [0.3, 0.4) is 0 Å². The summed E-state index contributed by atoms with van der Waals surface area (Å²) >= 11 is 5.78. The molecule has 2 rings (SSSR count). The third kappa shape index (κ3) is 3.56. The van der Waals surface area contributed by atoms with Gasteiger partial charge in [-0.2, -0.15) is 0 Å². The molecule has 5 heteroatoms. The fraction of sp³-hybridized carbons (Fsp3) is 0.583. The number of halogens is 1. The molecule has 1 aromatic heterocycles. The Morgan fingerprint density at radius 2 is 2.35 bits per heavy atom. The molecule has 1 fully saturated rings. The van der Waals surface area contributed by atoms with E-state index >= 15 is 0 Å². The van der Waals surface area contributed by atoms with Crippen LogP contribution in [0.2, 0.25) is 5.02 Å². The molecule has 2 N–H and O–H groups in total.